The summed E-state index contributed by atoms with van der Waals surface area (Å²) in [5.74, 6) is -1.18. The van der Waals surface area contributed by atoms with Gasteiger partial charge in [-0.05, 0) is 48.1 Å². The first kappa shape index (κ1) is 20.8. The first-order valence-corrected chi connectivity index (χ1v) is 9.92. The Bertz CT molecular complexity index is 954. The van der Waals surface area contributed by atoms with Gasteiger partial charge < -0.3 is 4.74 Å². The van der Waals surface area contributed by atoms with E-state index in [1.54, 1.807) is 0 Å². The zero-order valence-corrected chi connectivity index (χ0v) is 17.6. The van der Waals surface area contributed by atoms with E-state index >= 15 is 0 Å². The Morgan fingerprint density at radius 1 is 1.00 bits per heavy atom. The molecule has 0 spiro atoms. The highest BCUT2D eigenvalue weighted by Crippen LogP contribution is 2.27. The zero-order valence-electron chi connectivity index (χ0n) is 17.6. The predicted molar refractivity (Wildman–Crippen MR) is 111 cm³/mol. The molecular weight excluding hydrogens is 366 g/mol. The van der Waals surface area contributed by atoms with Crippen LogP contribution in [0.15, 0.2) is 42.5 Å². The molecule has 0 N–H and O–H groups in total. The third-order valence-corrected chi connectivity index (χ3v) is 5.38. The quantitative estimate of drug-likeness (QED) is 0.544. The third kappa shape index (κ3) is 4.09. The van der Waals surface area contributed by atoms with Crippen LogP contribution in [0.5, 0.6) is 0 Å². The fraction of sp³-hybridized carbons (Fsp3) is 0.375. The molecule has 2 amide bonds. The summed E-state index contributed by atoms with van der Waals surface area (Å²) in [6.45, 7) is 10.3. The Hall–Kier alpha value is -2.95. The second kappa shape index (κ2) is 7.82. The van der Waals surface area contributed by atoms with Gasteiger partial charge in [0.1, 0.15) is 6.61 Å². The SMILES string of the molecule is CCC(C)N1C(=O)c2ccc(C(=O)OCc3ccc(C(C)(C)C)cc3)cc2C1=O. The third-order valence-electron chi connectivity index (χ3n) is 5.38. The Morgan fingerprint density at radius 2 is 1.62 bits per heavy atom. The van der Waals surface area contributed by atoms with Crippen LogP contribution in [0.25, 0.3) is 0 Å². The maximum Gasteiger partial charge on any atom is 0.338 e. The minimum absolute atomic E-state index is 0.0623. The van der Waals surface area contributed by atoms with Crippen molar-refractivity contribution < 1.29 is 19.1 Å². The van der Waals surface area contributed by atoms with E-state index in [4.69, 9.17) is 4.74 Å². The van der Waals surface area contributed by atoms with Crippen LogP contribution in [0.2, 0.25) is 0 Å². The molecule has 0 fully saturated rings. The topological polar surface area (TPSA) is 63.7 Å². The lowest BCUT2D eigenvalue weighted by molar-refractivity contribution is 0.0472. The van der Waals surface area contributed by atoms with E-state index in [-0.39, 0.29) is 41.0 Å². The van der Waals surface area contributed by atoms with Crippen LogP contribution in [-0.2, 0) is 16.8 Å². The second-order valence-electron chi connectivity index (χ2n) is 8.52. The lowest BCUT2D eigenvalue weighted by Gasteiger charge is -2.20. The van der Waals surface area contributed by atoms with Crippen molar-refractivity contribution in [3.63, 3.8) is 0 Å². The van der Waals surface area contributed by atoms with E-state index < -0.39 is 5.97 Å². The number of hydrogen-bond acceptors (Lipinski definition) is 4. The van der Waals surface area contributed by atoms with Gasteiger partial charge in [0.05, 0.1) is 16.7 Å². The number of carbonyl (C=O) groups excluding carboxylic acids is 3. The normalized spacial score (nSPS) is 14.7. The van der Waals surface area contributed by atoms with E-state index in [1.807, 2.05) is 38.1 Å². The van der Waals surface area contributed by atoms with Gasteiger partial charge in [0.15, 0.2) is 0 Å². The maximum absolute atomic E-state index is 12.6. The number of ether oxygens (including phenoxy) is 1. The number of fused-ring (bicyclic) bond motifs is 1. The summed E-state index contributed by atoms with van der Waals surface area (Å²) in [6.07, 6.45) is 0.675. The molecule has 0 aliphatic carbocycles. The summed E-state index contributed by atoms with van der Waals surface area (Å²) in [6, 6.07) is 12.3. The summed E-state index contributed by atoms with van der Waals surface area (Å²) < 4.78 is 5.41. The smallest absolute Gasteiger partial charge is 0.338 e. The molecule has 29 heavy (non-hydrogen) atoms. The van der Waals surface area contributed by atoms with Crippen molar-refractivity contribution in [1.29, 1.82) is 0 Å². The number of amides is 2. The average molecular weight is 393 g/mol. The highest BCUT2D eigenvalue weighted by Gasteiger charge is 2.38. The van der Waals surface area contributed by atoms with Crippen molar-refractivity contribution >= 4 is 17.8 Å². The molecule has 1 heterocycles. The van der Waals surface area contributed by atoms with Gasteiger partial charge in [-0.2, -0.15) is 0 Å². The molecule has 1 unspecified atom stereocenters. The molecule has 0 saturated carbocycles. The molecule has 0 saturated heterocycles. The first-order chi connectivity index (χ1) is 13.6. The van der Waals surface area contributed by atoms with E-state index in [0.29, 0.717) is 12.0 Å². The van der Waals surface area contributed by atoms with Crippen LogP contribution in [0.1, 0.15) is 83.2 Å². The number of imide groups is 1. The van der Waals surface area contributed by atoms with E-state index in [1.165, 1.54) is 28.7 Å². The minimum atomic E-state index is -0.519. The van der Waals surface area contributed by atoms with Crippen molar-refractivity contribution in [2.24, 2.45) is 0 Å². The van der Waals surface area contributed by atoms with Crippen molar-refractivity contribution in [3.05, 3.63) is 70.3 Å². The van der Waals surface area contributed by atoms with Crippen LogP contribution in [0, 0.1) is 0 Å². The molecule has 1 aliphatic rings. The van der Waals surface area contributed by atoms with Crippen molar-refractivity contribution in [2.75, 3.05) is 0 Å². The Kier molecular flexibility index (Phi) is 5.60. The van der Waals surface area contributed by atoms with Crippen molar-refractivity contribution in [3.8, 4) is 0 Å². The molecule has 0 aromatic heterocycles. The lowest BCUT2D eigenvalue weighted by atomic mass is 9.87. The van der Waals surface area contributed by atoms with Crippen LogP contribution in [0.3, 0.4) is 0 Å². The van der Waals surface area contributed by atoms with Gasteiger partial charge in [-0.15, -0.1) is 0 Å². The molecule has 5 heteroatoms. The monoisotopic (exact) mass is 393 g/mol. The second-order valence-corrected chi connectivity index (χ2v) is 8.52. The van der Waals surface area contributed by atoms with Crippen LogP contribution >= 0.6 is 0 Å². The number of rotatable bonds is 5. The highest BCUT2D eigenvalue weighted by molar-refractivity contribution is 6.22. The van der Waals surface area contributed by atoms with Gasteiger partial charge >= 0.3 is 5.97 Å². The number of esters is 1. The summed E-state index contributed by atoms with van der Waals surface area (Å²) in [7, 11) is 0. The van der Waals surface area contributed by atoms with Crippen molar-refractivity contribution in [2.45, 2.75) is 59.1 Å². The molecule has 0 radical (unpaired) electrons. The summed E-state index contributed by atoms with van der Waals surface area (Å²) >= 11 is 0. The van der Waals surface area contributed by atoms with Crippen LogP contribution in [-0.4, -0.2) is 28.7 Å². The number of hydrogen-bond donors (Lipinski definition) is 0. The van der Waals surface area contributed by atoms with Gasteiger partial charge in [0, 0.05) is 6.04 Å². The first-order valence-electron chi connectivity index (χ1n) is 9.92. The molecule has 0 bridgehead atoms. The van der Waals surface area contributed by atoms with Gasteiger partial charge in [0.2, 0.25) is 0 Å². The molecule has 5 nitrogen and oxygen atoms in total. The fourth-order valence-electron chi connectivity index (χ4n) is 3.30. The van der Waals surface area contributed by atoms with Crippen molar-refractivity contribution in [1.82, 2.24) is 4.90 Å². The molecule has 1 atom stereocenters. The van der Waals surface area contributed by atoms with Gasteiger partial charge in [-0.25, -0.2) is 4.79 Å². The van der Waals surface area contributed by atoms with Gasteiger partial charge in [-0.3, -0.25) is 14.5 Å². The van der Waals surface area contributed by atoms with Crippen LogP contribution in [0.4, 0.5) is 0 Å². The minimum Gasteiger partial charge on any atom is -0.457 e. The Balaban J connectivity index is 1.71. The summed E-state index contributed by atoms with van der Waals surface area (Å²) in [5, 5.41) is 0. The number of carbonyl (C=O) groups is 3. The van der Waals surface area contributed by atoms with Crippen LogP contribution < -0.4 is 0 Å². The average Bonchev–Trinajstić information content (AvgIpc) is 2.95. The standard InChI is InChI=1S/C24H27NO4/c1-6-15(2)25-21(26)19-12-9-17(13-20(19)22(25)27)23(28)29-14-16-7-10-18(11-8-16)24(3,4)5/h7-13,15H,6,14H2,1-5H3. The number of nitrogens with zero attached hydrogens (tertiary/aromatic N) is 1. The number of benzene rings is 2. The van der Waals surface area contributed by atoms with Gasteiger partial charge in [0.25, 0.3) is 11.8 Å². The molecule has 1 aliphatic heterocycles. The van der Waals surface area contributed by atoms with Gasteiger partial charge in [-0.1, -0.05) is 52.0 Å². The molecule has 3 rings (SSSR count). The summed E-state index contributed by atoms with van der Waals surface area (Å²) in [5.41, 5.74) is 3.03. The Labute approximate surface area is 171 Å². The maximum atomic E-state index is 12.6. The highest BCUT2D eigenvalue weighted by atomic mass is 16.5. The molecule has 152 valence electrons. The largest absolute Gasteiger partial charge is 0.457 e. The van der Waals surface area contributed by atoms with E-state index in [2.05, 4.69) is 20.8 Å². The zero-order chi connectivity index (χ0) is 21.3. The molecule has 2 aromatic rings. The summed E-state index contributed by atoms with van der Waals surface area (Å²) in [4.78, 5) is 38.8. The van der Waals surface area contributed by atoms with E-state index in [9.17, 15) is 14.4 Å². The predicted octanol–water partition coefficient (Wildman–Crippen LogP) is 4.74. The fourth-order valence-corrected chi connectivity index (χ4v) is 3.30. The Morgan fingerprint density at radius 3 is 2.21 bits per heavy atom. The molecule has 2 aromatic carbocycles. The lowest BCUT2D eigenvalue weighted by Crippen LogP contribution is -2.37. The molecular formula is C24H27NO4. The van der Waals surface area contributed by atoms with E-state index in [0.717, 1.165) is 5.56 Å².